The molecule has 0 spiro atoms. The fourth-order valence-electron chi connectivity index (χ4n) is 9.40. The Morgan fingerprint density at radius 2 is 0.926 bits per heavy atom. The minimum atomic E-state index is -5.08. The van der Waals surface area contributed by atoms with Crippen molar-refractivity contribution in [2.45, 2.75) is 320 Å². The lowest BCUT2D eigenvalue weighted by Crippen LogP contribution is -2.61. The summed E-state index contributed by atoms with van der Waals surface area (Å²) in [4.78, 5) is 13.1. The first-order chi connectivity index (χ1) is 33.0. The Balaban J connectivity index is 2.30. The van der Waals surface area contributed by atoms with Crippen molar-refractivity contribution in [1.29, 1.82) is 0 Å². The molecule has 0 aromatic rings. The highest BCUT2D eigenvalue weighted by Crippen LogP contribution is 2.26. The lowest BCUT2D eigenvalue weighted by Gasteiger charge is -2.41. The van der Waals surface area contributed by atoms with Crippen LogP contribution < -0.4 is 5.32 Å². The number of nitrogens with one attached hydrogen (secondary N) is 1. The molecule has 1 aliphatic heterocycles. The first-order valence-electron chi connectivity index (χ1n) is 28.6. The third kappa shape index (κ3) is 37.6. The Morgan fingerprint density at radius 3 is 1.28 bits per heavy atom. The fraction of sp³-hybridized carbons (Fsp3) is 0.945. The van der Waals surface area contributed by atoms with Gasteiger partial charge in [-0.15, -0.1) is 0 Å². The van der Waals surface area contributed by atoms with E-state index in [-0.39, 0.29) is 18.9 Å². The van der Waals surface area contributed by atoms with Gasteiger partial charge in [-0.05, 0) is 19.3 Å². The van der Waals surface area contributed by atoms with Gasteiger partial charge in [-0.3, -0.25) is 9.35 Å². The minimum Gasteiger partial charge on any atom is -0.394 e. The average molecular weight is 991 g/mol. The molecule has 1 fully saturated rings. The van der Waals surface area contributed by atoms with Crippen molar-refractivity contribution in [3.05, 3.63) is 12.2 Å². The molecule has 0 aromatic heterocycles. The first kappa shape index (κ1) is 64.9. The minimum absolute atomic E-state index is 0.257. The predicted molar refractivity (Wildman–Crippen MR) is 278 cm³/mol. The normalized spacial score (nSPS) is 19.8. The number of rotatable bonds is 50. The lowest BCUT2D eigenvalue weighted by atomic mass is 9.99. The summed E-state index contributed by atoms with van der Waals surface area (Å²) < 4.78 is 47.8. The monoisotopic (exact) mass is 990 g/mol. The molecule has 1 rings (SSSR count). The van der Waals surface area contributed by atoms with E-state index in [1.165, 1.54) is 212 Å². The Bertz CT molecular complexity index is 1260. The van der Waals surface area contributed by atoms with Gasteiger partial charge in [0, 0.05) is 6.42 Å². The molecule has 13 heteroatoms. The summed E-state index contributed by atoms with van der Waals surface area (Å²) in [5.41, 5.74) is 0. The SMILES string of the molecule is CCCCCCCCCCCCCC/C=C/C(O)C(COC1OC(CO)C(O)C(OS(=O)(=O)O)C1O)NC(=O)CCCCCCCCCCCCCCCCCCCCCCCCCCCCC. The fourth-order valence-corrected chi connectivity index (χ4v) is 9.91. The van der Waals surface area contributed by atoms with Crippen LogP contribution in [0.25, 0.3) is 0 Å². The molecule has 7 unspecified atom stereocenters. The average Bonchev–Trinajstić information content (AvgIpc) is 3.31. The van der Waals surface area contributed by atoms with Gasteiger partial charge in [-0.25, -0.2) is 4.18 Å². The standard InChI is InChI=1S/C55H107NO11S/c1-3-5-7-9-11-13-15-17-19-20-21-22-23-24-25-26-27-28-29-30-31-33-35-37-39-41-43-45-51(59)56-48(47-65-55-53(61)54(67-68(62,63)64)52(60)50(46-57)66-55)49(58)44-42-40-38-36-34-32-18-16-14-12-10-8-6-4-2/h42,44,48-50,52-55,57-58,60-61H,3-41,43,45-47H2,1-2H3,(H,56,59)(H,62,63,64)/b44-42+. The maximum absolute atomic E-state index is 13.1. The van der Waals surface area contributed by atoms with E-state index >= 15 is 0 Å². The third-order valence-electron chi connectivity index (χ3n) is 13.8. The van der Waals surface area contributed by atoms with Crippen molar-refractivity contribution in [2.24, 2.45) is 0 Å². The smallest absolute Gasteiger partial charge is 0.394 e. The second-order valence-corrected chi connectivity index (χ2v) is 21.3. The highest BCUT2D eigenvalue weighted by atomic mass is 32.3. The summed E-state index contributed by atoms with van der Waals surface area (Å²) in [7, 11) is -5.08. The Kier molecular flexibility index (Phi) is 43.6. The van der Waals surface area contributed by atoms with Crippen LogP contribution in [-0.4, -0.2) is 95.4 Å². The van der Waals surface area contributed by atoms with E-state index in [0.29, 0.717) is 6.42 Å². The number of amides is 1. The van der Waals surface area contributed by atoms with Crippen LogP contribution in [0.4, 0.5) is 0 Å². The van der Waals surface area contributed by atoms with E-state index in [4.69, 9.17) is 9.47 Å². The van der Waals surface area contributed by atoms with E-state index in [1.807, 2.05) is 6.08 Å². The summed E-state index contributed by atoms with van der Waals surface area (Å²) in [6.45, 7) is 3.42. The molecule has 6 N–H and O–H groups in total. The van der Waals surface area contributed by atoms with Crippen molar-refractivity contribution in [3.8, 4) is 0 Å². The van der Waals surface area contributed by atoms with E-state index in [2.05, 4.69) is 23.3 Å². The van der Waals surface area contributed by atoms with Crippen LogP contribution in [0.2, 0.25) is 0 Å². The second kappa shape index (κ2) is 45.7. The molecule has 0 bridgehead atoms. The summed E-state index contributed by atoms with van der Waals surface area (Å²) in [5.74, 6) is -0.257. The highest BCUT2D eigenvalue weighted by molar-refractivity contribution is 7.80. The molecular weight excluding hydrogens is 883 g/mol. The number of unbranched alkanes of at least 4 members (excludes halogenated alkanes) is 38. The molecule has 0 aromatic carbocycles. The van der Waals surface area contributed by atoms with E-state index in [1.54, 1.807) is 6.08 Å². The van der Waals surface area contributed by atoms with E-state index in [9.17, 15) is 38.2 Å². The van der Waals surface area contributed by atoms with Crippen molar-refractivity contribution in [2.75, 3.05) is 13.2 Å². The van der Waals surface area contributed by atoms with Gasteiger partial charge in [0.05, 0.1) is 25.4 Å². The van der Waals surface area contributed by atoms with Gasteiger partial charge >= 0.3 is 10.4 Å². The zero-order chi connectivity index (χ0) is 49.8. The molecule has 1 aliphatic rings. The summed E-state index contributed by atoms with van der Waals surface area (Å²) in [5, 5.41) is 44.9. The van der Waals surface area contributed by atoms with Crippen LogP contribution in [0, 0.1) is 0 Å². The Hall–Kier alpha value is -1.16. The number of carbonyl (C=O) groups excluding carboxylic acids is 1. The predicted octanol–water partition coefficient (Wildman–Crippen LogP) is 13.1. The number of aliphatic hydroxyl groups is 4. The van der Waals surface area contributed by atoms with Crippen molar-refractivity contribution >= 4 is 16.3 Å². The van der Waals surface area contributed by atoms with E-state index in [0.717, 1.165) is 38.5 Å². The number of hydrogen-bond acceptors (Lipinski definition) is 10. The molecule has 68 heavy (non-hydrogen) atoms. The van der Waals surface area contributed by atoms with Gasteiger partial charge in [-0.2, -0.15) is 8.42 Å². The molecule has 7 atom stereocenters. The Labute approximate surface area is 417 Å². The van der Waals surface area contributed by atoms with Crippen LogP contribution in [0.3, 0.4) is 0 Å². The number of ether oxygens (including phenoxy) is 2. The highest BCUT2D eigenvalue weighted by Gasteiger charge is 2.48. The molecule has 0 aliphatic carbocycles. The summed E-state index contributed by atoms with van der Waals surface area (Å²) in [6.07, 6.45) is 45.5. The number of hydrogen-bond donors (Lipinski definition) is 6. The molecule has 1 heterocycles. The maximum atomic E-state index is 13.1. The van der Waals surface area contributed by atoms with Gasteiger partial charge < -0.3 is 35.2 Å². The maximum Gasteiger partial charge on any atom is 0.397 e. The van der Waals surface area contributed by atoms with Crippen LogP contribution in [-0.2, 0) is 28.9 Å². The first-order valence-corrected chi connectivity index (χ1v) is 29.9. The molecule has 1 amide bonds. The van der Waals surface area contributed by atoms with Gasteiger partial charge in [0.25, 0.3) is 0 Å². The van der Waals surface area contributed by atoms with Gasteiger partial charge in [0.15, 0.2) is 6.29 Å². The molecule has 12 nitrogen and oxygen atoms in total. The number of aliphatic hydroxyl groups excluding tert-OH is 4. The third-order valence-corrected chi connectivity index (χ3v) is 14.3. The quantitative estimate of drug-likeness (QED) is 0.0193. The topological polar surface area (TPSA) is 192 Å². The van der Waals surface area contributed by atoms with E-state index < -0.39 is 59.9 Å². The van der Waals surface area contributed by atoms with Crippen LogP contribution in [0.5, 0.6) is 0 Å². The largest absolute Gasteiger partial charge is 0.397 e. The number of carbonyl (C=O) groups is 1. The van der Waals surface area contributed by atoms with Gasteiger partial charge in [0.2, 0.25) is 5.91 Å². The molecule has 404 valence electrons. The van der Waals surface area contributed by atoms with Crippen molar-refractivity contribution in [1.82, 2.24) is 5.32 Å². The van der Waals surface area contributed by atoms with Crippen molar-refractivity contribution < 1.29 is 51.8 Å². The molecule has 1 saturated heterocycles. The van der Waals surface area contributed by atoms with Crippen LogP contribution in [0.15, 0.2) is 12.2 Å². The van der Waals surface area contributed by atoms with Gasteiger partial charge in [0.1, 0.15) is 24.4 Å². The lowest BCUT2D eigenvalue weighted by molar-refractivity contribution is -0.298. The Morgan fingerprint density at radius 1 is 0.574 bits per heavy atom. The molecule has 0 saturated carbocycles. The zero-order valence-corrected chi connectivity index (χ0v) is 44.5. The summed E-state index contributed by atoms with van der Waals surface area (Å²) >= 11 is 0. The van der Waals surface area contributed by atoms with Crippen LogP contribution in [0.1, 0.15) is 277 Å². The summed E-state index contributed by atoms with van der Waals surface area (Å²) in [6, 6.07) is -0.939. The molecule has 0 radical (unpaired) electrons. The van der Waals surface area contributed by atoms with Crippen LogP contribution >= 0.6 is 0 Å². The molecular formula is C55H107NO11S. The zero-order valence-electron chi connectivity index (χ0n) is 43.7. The van der Waals surface area contributed by atoms with Crippen molar-refractivity contribution in [3.63, 3.8) is 0 Å². The second-order valence-electron chi connectivity index (χ2n) is 20.2. The van der Waals surface area contributed by atoms with Gasteiger partial charge in [-0.1, -0.05) is 264 Å². The number of allylic oxidation sites excluding steroid dienone is 1.